The first-order valence-corrected chi connectivity index (χ1v) is 13.2. The average Bonchev–Trinajstić information content (AvgIpc) is 2.94. The highest BCUT2D eigenvalue weighted by molar-refractivity contribution is 9.10. The predicted molar refractivity (Wildman–Crippen MR) is 107 cm³/mol. The second-order valence-corrected chi connectivity index (χ2v) is 14.2. The van der Waals surface area contributed by atoms with E-state index in [4.69, 9.17) is 4.74 Å². The van der Waals surface area contributed by atoms with Crippen molar-refractivity contribution in [3.63, 3.8) is 0 Å². The van der Waals surface area contributed by atoms with Crippen molar-refractivity contribution in [2.75, 3.05) is 24.6 Å². The number of aromatic nitrogens is 2. The van der Waals surface area contributed by atoms with Crippen molar-refractivity contribution in [1.29, 1.82) is 0 Å². The van der Waals surface area contributed by atoms with E-state index in [0.717, 1.165) is 29.8 Å². The van der Waals surface area contributed by atoms with Crippen molar-refractivity contribution < 1.29 is 4.74 Å². The zero-order valence-corrected chi connectivity index (χ0v) is 17.5. The fourth-order valence-corrected chi connectivity index (χ4v) is 4.36. The van der Waals surface area contributed by atoms with E-state index in [2.05, 4.69) is 68.7 Å². The summed E-state index contributed by atoms with van der Waals surface area (Å²) in [5.74, 6) is 0. The molecule has 0 amide bonds. The maximum Gasteiger partial charge on any atom is 0.143 e. The number of ether oxygens (including phenoxy) is 1. The van der Waals surface area contributed by atoms with Crippen molar-refractivity contribution in [1.82, 2.24) is 9.55 Å². The van der Waals surface area contributed by atoms with Crippen LogP contribution in [0.4, 0.5) is 5.69 Å². The molecule has 0 atom stereocenters. The van der Waals surface area contributed by atoms with Crippen LogP contribution in [0.5, 0.6) is 0 Å². The van der Waals surface area contributed by atoms with Crippen molar-refractivity contribution in [3.05, 3.63) is 29.4 Å². The van der Waals surface area contributed by atoms with Gasteiger partial charge in [0.1, 0.15) is 12.4 Å². The van der Waals surface area contributed by atoms with Crippen LogP contribution in [0.3, 0.4) is 0 Å². The molecule has 0 N–H and O–H groups in total. The van der Waals surface area contributed by atoms with Gasteiger partial charge in [0.05, 0.1) is 10.2 Å². The van der Waals surface area contributed by atoms with Gasteiger partial charge in [-0.3, -0.25) is 0 Å². The summed E-state index contributed by atoms with van der Waals surface area (Å²) >= 11 is 3.69. The van der Waals surface area contributed by atoms with Crippen molar-refractivity contribution in [2.45, 2.75) is 45.3 Å². The quantitative estimate of drug-likeness (QED) is 0.501. The van der Waals surface area contributed by atoms with Gasteiger partial charge in [-0.1, -0.05) is 19.6 Å². The molecule has 3 rings (SSSR count). The smallest absolute Gasteiger partial charge is 0.143 e. The van der Waals surface area contributed by atoms with E-state index >= 15 is 0 Å². The first-order valence-electron chi connectivity index (χ1n) is 8.73. The average molecular weight is 409 g/mol. The van der Waals surface area contributed by atoms with Gasteiger partial charge in [-0.2, -0.15) is 0 Å². The molecule has 0 bridgehead atoms. The molecule has 0 aliphatic carbocycles. The Morgan fingerprint density at radius 1 is 1.33 bits per heavy atom. The van der Waals surface area contributed by atoms with E-state index in [1.807, 2.05) is 6.20 Å². The zero-order valence-electron chi connectivity index (χ0n) is 14.9. The van der Waals surface area contributed by atoms with Gasteiger partial charge in [0, 0.05) is 45.6 Å². The first kappa shape index (κ1) is 18.0. The van der Waals surface area contributed by atoms with Crippen LogP contribution in [0.2, 0.25) is 25.7 Å². The Morgan fingerprint density at radius 3 is 2.88 bits per heavy atom. The Kier molecular flexibility index (Phi) is 5.67. The van der Waals surface area contributed by atoms with E-state index in [-0.39, 0.29) is 0 Å². The molecule has 131 valence electrons. The summed E-state index contributed by atoms with van der Waals surface area (Å²) in [7, 11) is -1.04. The van der Waals surface area contributed by atoms with E-state index in [9.17, 15) is 0 Å². The largest absolute Gasteiger partial charge is 0.370 e. The number of pyridine rings is 1. The van der Waals surface area contributed by atoms with Crippen molar-refractivity contribution in [2.24, 2.45) is 0 Å². The topological polar surface area (TPSA) is 30.3 Å². The summed E-state index contributed by atoms with van der Waals surface area (Å²) in [5.41, 5.74) is 2.27. The van der Waals surface area contributed by atoms with Gasteiger partial charge in [-0.15, -0.1) is 0 Å². The molecule has 2 aromatic heterocycles. The second kappa shape index (κ2) is 7.58. The number of anilines is 1. The van der Waals surface area contributed by atoms with E-state index in [1.54, 1.807) is 0 Å². The molecule has 0 aromatic carbocycles. The molecule has 24 heavy (non-hydrogen) atoms. The third kappa shape index (κ3) is 4.21. The Morgan fingerprint density at radius 2 is 2.17 bits per heavy atom. The highest BCUT2D eigenvalue weighted by Crippen LogP contribution is 2.35. The standard InChI is InChI=1S/C18H27BrN3OSi/c1-24(2,3)12-11-23-14-22-10-7-15-17(16(19)13-20-18(15)22)21-8-5-4-6-9-21/h5,7,10,13H,4,6,8-9,11-12,14H2,1-3H3. The van der Waals surface area contributed by atoms with Gasteiger partial charge in [0.15, 0.2) is 0 Å². The van der Waals surface area contributed by atoms with Gasteiger partial charge in [0.25, 0.3) is 0 Å². The summed E-state index contributed by atoms with van der Waals surface area (Å²) < 4.78 is 9.09. The van der Waals surface area contributed by atoms with Gasteiger partial charge in [-0.25, -0.2) is 4.98 Å². The molecule has 3 heterocycles. The van der Waals surface area contributed by atoms with Crippen LogP contribution in [0.1, 0.15) is 12.8 Å². The lowest BCUT2D eigenvalue weighted by atomic mass is 10.1. The maximum absolute atomic E-state index is 5.90. The van der Waals surface area contributed by atoms with Crippen molar-refractivity contribution in [3.8, 4) is 0 Å². The summed E-state index contributed by atoms with van der Waals surface area (Å²) in [6, 6.07) is 3.36. The van der Waals surface area contributed by atoms with Crippen LogP contribution < -0.4 is 4.90 Å². The van der Waals surface area contributed by atoms with Crippen molar-refractivity contribution >= 4 is 40.7 Å². The molecule has 1 saturated heterocycles. The van der Waals surface area contributed by atoms with Crippen LogP contribution in [0.15, 0.2) is 22.9 Å². The minimum Gasteiger partial charge on any atom is -0.370 e. The third-order valence-corrected chi connectivity index (χ3v) is 6.73. The van der Waals surface area contributed by atoms with Crippen LogP contribution >= 0.6 is 15.9 Å². The number of hydrogen-bond donors (Lipinski definition) is 0. The predicted octanol–water partition coefficient (Wildman–Crippen LogP) is 4.92. The Labute approximate surface area is 154 Å². The Bertz CT molecular complexity index is 689. The Hall–Kier alpha value is -0.853. The summed E-state index contributed by atoms with van der Waals surface area (Å²) in [6.45, 7) is 10.7. The van der Waals surface area contributed by atoms with Crippen LogP contribution in [0, 0.1) is 6.42 Å². The van der Waals surface area contributed by atoms with Gasteiger partial charge >= 0.3 is 0 Å². The lowest BCUT2D eigenvalue weighted by Crippen LogP contribution is -2.30. The van der Waals surface area contributed by atoms with Crippen LogP contribution in [-0.2, 0) is 11.5 Å². The van der Waals surface area contributed by atoms with E-state index in [0.29, 0.717) is 6.73 Å². The minimum atomic E-state index is -1.04. The number of fused-ring (bicyclic) bond motifs is 1. The normalized spacial score (nSPS) is 16.1. The molecule has 1 fully saturated rings. The zero-order chi connectivity index (χ0) is 17.2. The highest BCUT2D eigenvalue weighted by atomic mass is 79.9. The molecule has 1 aliphatic rings. The van der Waals surface area contributed by atoms with Gasteiger partial charge in [0.2, 0.25) is 0 Å². The number of hydrogen-bond acceptors (Lipinski definition) is 3. The molecular formula is C18H27BrN3OSi. The minimum absolute atomic E-state index is 0.578. The first-order chi connectivity index (χ1) is 11.5. The molecular weight excluding hydrogens is 382 g/mol. The summed E-state index contributed by atoms with van der Waals surface area (Å²) in [5, 5.41) is 1.20. The SMILES string of the molecule is C[Si](C)(C)CCOCn1ccc2c(N3C[CH]CCC3)c(Br)cnc21. The fourth-order valence-electron chi connectivity index (χ4n) is 3.04. The summed E-state index contributed by atoms with van der Waals surface area (Å²) in [4.78, 5) is 7.07. The molecule has 2 aromatic rings. The molecule has 1 aliphatic heterocycles. The molecule has 0 spiro atoms. The maximum atomic E-state index is 5.90. The van der Waals surface area contributed by atoms with E-state index < -0.39 is 8.07 Å². The number of piperidine rings is 1. The monoisotopic (exact) mass is 408 g/mol. The molecule has 0 unspecified atom stereocenters. The van der Waals surface area contributed by atoms with Gasteiger partial charge < -0.3 is 14.2 Å². The second-order valence-electron chi connectivity index (χ2n) is 7.70. The molecule has 4 nitrogen and oxygen atoms in total. The number of halogens is 1. The lowest BCUT2D eigenvalue weighted by molar-refractivity contribution is 0.0899. The lowest BCUT2D eigenvalue weighted by Gasteiger charge is -2.30. The molecule has 0 saturated carbocycles. The third-order valence-electron chi connectivity index (χ3n) is 4.44. The molecule has 6 heteroatoms. The highest BCUT2D eigenvalue weighted by Gasteiger charge is 2.19. The molecule has 1 radical (unpaired) electrons. The van der Waals surface area contributed by atoms with E-state index in [1.165, 1.54) is 30.0 Å². The summed E-state index contributed by atoms with van der Waals surface area (Å²) in [6.07, 6.45) is 8.81. The number of nitrogens with zero attached hydrogens (tertiary/aromatic N) is 3. The fraction of sp³-hybridized carbons (Fsp3) is 0.556. The van der Waals surface area contributed by atoms with Gasteiger partial charge in [-0.05, 0) is 47.3 Å². The Balaban J connectivity index is 1.77. The number of rotatable bonds is 6. The van der Waals surface area contributed by atoms with Crippen LogP contribution in [0.25, 0.3) is 11.0 Å². The van der Waals surface area contributed by atoms with Crippen LogP contribution in [-0.4, -0.2) is 37.3 Å².